The standard InChI is InChI=1S/C25H31F3N6O3/c1-13(2)21-23(36)31-20-14(3)29-24(32-22(20)34(21)5)30-16-10-17(11-16)33(4)19(35)12-37-18-8-6-15(7-9-18)25(26,27)28/h6-9,13,16-17,21H,10-12H2,1-5H3,(H,31,36)(H,29,30,32)/t16-,17-,21?. The van der Waals surface area contributed by atoms with Crippen LogP contribution in [0.5, 0.6) is 5.75 Å². The van der Waals surface area contributed by atoms with E-state index in [-0.39, 0.29) is 48.2 Å². The molecule has 0 saturated heterocycles. The summed E-state index contributed by atoms with van der Waals surface area (Å²) in [4.78, 5) is 37.7. The lowest BCUT2D eigenvalue weighted by Crippen LogP contribution is -2.52. The molecule has 1 aliphatic carbocycles. The molecule has 1 aromatic carbocycles. The van der Waals surface area contributed by atoms with E-state index in [4.69, 9.17) is 4.74 Å². The van der Waals surface area contributed by atoms with Crippen molar-refractivity contribution >= 4 is 29.3 Å². The molecule has 9 nitrogen and oxygen atoms in total. The number of nitrogens with zero attached hydrogens (tertiary/aromatic N) is 4. The molecule has 1 fully saturated rings. The number of aryl methyl sites for hydroxylation is 1. The third-order valence-corrected chi connectivity index (χ3v) is 6.90. The van der Waals surface area contributed by atoms with Crippen molar-refractivity contribution in [3.05, 3.63) is 35.5 Å². The van der Waals surface area contributed by atoms with Gasteiger partial charge in [0.15, 0.2) is 12.4 Å². The zero-order valence-electron chi connectivity index (χ0n) is 21.4. The first-order chi connectivity index (χ1) is 17.3. The predicted octanol–water partition coefficient (Wildman–Crippen LogP) is 3.70. The van der Waals surface area contributed by atoms with Crippen molar-refractivity contribution in [2.75, 3.05) is 36.2 Å². The van der Waals surface area contributed by atoms with E-state index < -0.39 is 11.7 Å². The van der Waals surface area contributed by atoms with Crippen LogP contribution < -0.4 is 20.3 Å². The van der Waals surface area contributed by atoms with E-state index in [1.165, 1.54) is 12.1 Å². The molecule has 1 atom stereocenters. The molecule has 2 amide bonds. The quantitative estimate of drug-likeness (QED) is 0.574. The summed E-state index contributed by atoms with van der Waals surface area (Å²) in [6.45, 7) is 5.53. The number of carbonyl (C=O) groups excluding carboxylic acids is 2. The van der Waals surface area contributed by atoms with Crippen LogP contribution in [-0.4, -0.2) is 65.5 Å². The number of nitrogens with one attached hydrogen (secondary N) is 2. The molecule has 1 aromatic heterocycles. The number of halogens is 3. The van der Waals surface area contributed by atoms with E-state index in [2.05, 4.69) is 20.6 Å². The molecule has 4 rings (SSSR count). The summed E-state index contributed by atoms with van der Waals surface area (Å²) >= 11 is 0. The molecule has 2 aliphatic rings. The number of alkyl halides is 3. The maximum Gasteiger partial charge on any atom is 0.416 e. The number of anilines is 3. The number of likely N-dealkylation sites (N-methyl/N-ethyl adjacent to an activating group) is 2. The molecule has 200 valence electrons. The Morgan fingerprint density at radius 3 is 2.49 bits per heavy atom. The molecular formula is C25H31F3N6O3. The first kappa shape index (κ1) is 26.5. The third-order valence-electron chi connectivity index (χ3n) is 6.90. The fraction of sp³-hybridized carbons (Fsp3) is 0.520. The lowest BCUT2D eigenvalue weighted by atomic mass is 9.85. The fourth-order valence-electron chi connectivity index (χ4n) is 4.67. The number of aromatic nitrogens is 2. The number of amides is 2. The van der Waals surface area contributed by atoms with Crippen molar-refractivity contribution in [2.45, 2.75) is 57.9 Å². The van der Waals surface area contributed by atoms with Gasteiger partial charge in [0.25, 0.3) is 5.91 Å². The van der Waals surface area contributed by atoms with Crippen molar-refractivity contribution in [2.24, 2.45) is 5.92 Å². The van der Waals surface area contributed by atoms with Crippen LogP contribution in [0.1, 0.15) is 37.9 Å². The molecule has 12 heteroatoms. The number of carbonyl (C=O) groups is 2. The lowest BCUT2D eigenvalue weighted by Gasteiger charge is -2.41. The van der Waals surface area contributed by atoms with Gasteiger partial charge in [0, 0.05) is 26.2 Å². The van der Waals surface area contributed by atoms with Crippen molar-refractivity contribution in [1.82, 2.24) is 14.9 Å². The highest BCUT2D eigenvalue weighted by Crippen LogP contribution is 2.35. The maximum atomic E-state index is 12.7. The van der Waals surface area contributed by atoms with Gasteiger partial charge in [0.05, 0.1) is 11.3 Å². The average molecular weight is 521 g/mol. The maximum absolute atomic E-state index is 12.7. The van der Waals surface area contributed by atoms with Crippen molar-refractivity contribution in [3.8, 4) is 5.75 Å². The number of hydrogen-bond acceptors (Lipinski definition) is 7. The monoisotopic (exact) mass is 520 g/mol. The molecule has 0 radical (unpaired) electrons. The Morgan fingerprint density at radius 2 is 1.89 bits per heavy atom. The zero-order chi connectivity index (χ0) is 27.1. The summed E-state index contributed by atoms with van der Waals surface area (Å²) in [6, 6.07) is 3.98. The first-order valence-electron chi connectivity index (χ1n) is 12.1. The normalized spacial score (nSPS) is 21.2. The summed E-state index contributed by atoms with van der Waals surface area (Å²) in [7, 11) is 3.54. The Kier molecular flexibility index (Phi) is 7.20. The van der Waals surface area contributed by atoms with Crippen molar-refractivity contribution < 1.29 is 27.5 Å². The second kappa shape index (κ2) is 10.1. The third kappa shape index (κ3) is 5.57. The minimum Gasteiger partial charge on any atom is -0.484 e. The number of fused-ring (bicyclic) bond motifs is 1. The Morgan fingerprint density at radius 1 is 1.24 bits per heavy atom. The molecular weight excluding hydrogens is 489 g/mol. The second-order valence-corrected chi connectivity index (χ2v) is 9.90. The van der Waals surface area contributed by atoms with Gasteiger partial charge in [-0.05, 0) is 49.9 Å². The van der Waals surface area contributed by atoms with Gasteiger partial charge in [-0.3, -0.25) is 9.59 Å². The van der Waals surface area contributed by atoms with E-state index in [9.17, 15) is 22.8 Å². The van der Waals surface area contributed by atoms with Gasteiger partial charge in [-0.1, -0.05) is 13.8 Å². The molecule has 2 aromatic rings. The average Bonchev–Trinajstić information content (AvgIpc) is 2.79. The van der Waals surface area contributed by atoms with Gasteiger partial charge >= 0.3 is 6.18 Å². The molecule has 1 unspecified atom stereocenters. The van der Waals surface area contributed by atoms with Crippen LogP contribution in [0.15, 0.2) is 24.3 Å². The van der Waals surface area contributed by atoms with Crippen LogP contribution in [0.3, 0.4) is 0 Å². The van der Waals surface area contributed by atoms with E-state index in [0.717, 1.165) is 12.1 Å². The zero-order valence-corrected chi connectivity index (χ0v) is 21.4. The van der Waals surface area contributed by atoms with Crippen molar-refractivity contribution in [3.63, 3.8) is 0 Å². The summed E-state index contributed by atoms with van der Waals surface area (Å²) in [6.07, 6.45) is -3.05. The molecule has 37 heavy (non-hydrogen) atoms. The van der Waals surface area contributed by atoms with E-state index in [0.29, 0.717) is 36.0 Å². The van der Waals surface area contributed by atoms with Crippen LogP contribution in [0.4, 0.5) is 30.6 Å². The SMILES string of the molecule is Cc1nc(N[C@H]2C[C@H](N(C)C(=O)COc3ccc(C(F)(F)F)cc3)C2)nc2c1NC(=O)C(C(C)C)N2C. The van der Waals surface area contributed by atoms with Crippen molar-refractivity contribution in [1.29, 1.82) is 0 Å². The van der Waals surface area contributed by atoms with Gasteiger partial charge in [-0.15, -0.1) is 0 Å². The summed E-state index contributed by atoms with van der Waals surface area (Å²) in [5, 5.41) is 6.25. The highest BCUT2D eigenvalue weighted by Gasteiger charge is 2.37. The van der Waals surface area contributed by atoms with Crippen LogP contribution in [0.25, 0.3) is 0 Å². The smallest absolute Gasteiger partial charge is 0.416 e. The van der Waals surface area contributed by atoms with Gasteiger partial charge in [-0.2, -0.15) is 18.2 Å². The number of benzene rings is 1. The fourth-order valence-corrected chi connectivity index (χ4v) is 4.67. The Bertz CT molecular complexity index is 1170. The Hall–Kier alpha value is -3.57. The number of hydrogen-bond donors (Lipinski definition) is 2. The lowest BCUT2D eigenvalue weighted by molar-refractivity contribution is -0.138. The highest BCUT2D eigenvalue weighted by atomic mass is 19.4. The van der Waals surface area contributed by atoms with E-state index in [1.54, 1.807) is 11.9 Å². The largest absolute Gasteiger partial charge is 0.484 e. The molecule has 0 bridgehead atoms. The number of rotatable bonds is 7. The summed E-state index contributed by atoms with van der Waals surface area (Å²) < 4.78 is 43.4. The molecule has 1 saturated carbocycles. The molecule has 0 spiro atoms. The van der Waals surface area contributed by atoms with Gasteiger partial charge in [-0.25, -0.2) is 4.98 Å². The highest BCUT2D eigenvalue weighted by molar-refractivity contribution is 6.03. The van der Waals surface area contributed by atoms with Gasteiger partial charge < -0.3 is 25.2 Å². The van der Waals surface area contributed by atoms with Gasteiger partial charge in [0.1, 0.15) is 17.5 Å². The Labute approximate surface area is 213 Å². The molecule has 2 N–H and O–H groups in total. The van der Waals surface area contributed by atoms with Crippen LogP contribution in [-0.2, 0) is 15.8 Å². The Balaban J connectivity index is 1.30. The second-order valence-electron chi connectivity index (χ2n) is 9.90. The van der Waals surface area contributed by atoms with E-state index in [1.807, 2.05) is 32.7 Å². The first-order valence-corrected chi connectivity index (χ1v) is 12.1. The van der Waals surface area contributed by atoms with Crippen LogP contribution >= 0.6 is 0 Å². The molecule has 1 aliphatic heterocycles. The minimum atomic E-state index is -4.42. The number of ether oxygens (including phenoxy) is 1. The van der Waals surface area contributed by atoms with Crippen LogP contribution in [0.2, 0.25) is 0 Å². The topological polar surface area (TPSA) is 99.7 Å². The minimum absolute atomic E-state index is 0.00721. The molecule has 2 heterocycles. The summed E-state index contributed by atoms with van der Waals surface area (Å²) in [5.74, 6) is 1.09. The van der Waals surface area contributed by atoms with Crippen LogP contribution in [0, 0.1) is 12.8 Å². The van der Waals surface area contributed by atoms with E-state index >= 15 is 0 Å². The van der Waals surface area contributed by atoms with Gasteiger partial charge in [0.2, 0.25) is 11.9 Å². The summed E-state index contributed by atoms with van der Waals surface area (Å²) in [5.41, 5.74) is 0.504. The predicted molar refractivity (Wildman–Crippen MR) is 133 cm³/mol.